The second kappa shape index (κ2) is 8.65. The van der Waals surface area contributed by atoms with Crippen LogP contribution in [-0.4, -0.2) is 27.8 Å². The molecule has 27 heavy (non-hydrogen) atoms. The molecule has 0 fully saturated rings. The predicted octanol–water partition coefficient (Wildman–Crippen LogP) is 3.42. The quantitative estimate of drug-likeness (QED) is 0.525. The molecule has 0 spiro atoms. The van der Waals surface area contributed by atoms with Crippen LogP contribution in [0, 0.1) is 6.92 Å². The number of hydrogen-bond acceptors (Lipinski definition) is 7. The molecule has 138 valence electrons. The lowest BCUT2D eigenvalue weighted by atomic mass is 10.2. The van der Waals surface area contributed by atoms with E-state index in [9.17, 15) is 9.59 Å². The van der Waals surface area contributed by atoms with Crippen molar-refractivity contribution in [3.8, 4) is 0 Å². The molecular formula is C18H17N5O2S2. The summed E-state index contributed by atoms with van der Waals surface area (Å²) >= 11 is 2.69. The minimum Gasteiger partial charge on any atom is -0.366 e. The summed E-state index contributed by atoms with van der Waals surface area (Å²) in [6.07, 6.45) is 0. The third-order valence-electron chi connectivity index (χ3n) is 3.49. The zero-order chi connectivity index (χ0) is 19.2. The maximum atomic E-state index is 12.1. The first kappa shape index (κ1) is 18.9. The number of primary amides is 1. The zero-order valence-electron chi connectivity index (χ0n) is 14.4. The average Bonchev–Trinajstić information content (AvgIpc) is 3.10. The topological polar surface area (TPSA) is 110 Å². The standard InChI is InChI=1S/C18H17N5O2S2/c1-11-2-6-14(7-3-11)21-17-22-23-18(27-17)26-10-15(24)20-13-8-4-12(5-9-13)16(19)25/h2-9H,10H2,1H3,(H2,19,25)(H,20,24)(H,21,22). The first-order valence-corrected chi connectivity index (χ1v) is 9.79. The van der Waals surface area contributed by atoms with E-state index >= 15 is 0 Å². The van der Waals surface area contributed by atoms with E-state index in [0.29, 0.717) is 20.7 Å². The molecule has 2 aromatic carbocycles. The summed E-state index contributed by atoms with van der Waals surface area (Å²) in [6.45, 7) is 2.03. The van der Waals surface area contributed by atoms with Crippen LogP contribution in [0.4, 0.5) is 16.5 Å². The Hall–Kier alpha value is -2.91. The van der Waals surface area contributed by atoms with Gasteiger partial charge in [0.25, 0.3) is 0 Å². The lowest BCUT2D eigenvalue weighted by Gasteiger charge is -2.04. The molecule has 0 aliphatic heterocycles. The molecule has 0 saturated heterocycles. The van der Waals surface area contributed by atoms with Crippen molar-refractivity contribution in [1.82, 2.24) is 10.2 Å². The van der Waals surface area contributed by atoms with E-state index in [4.69, 9.17) is 5.73 Å². The number of thioether (sulfide) groups is 1. The van der Waals surface area contributed by atoms with Gasteiger partial charge in [0.2, 0.25) is 16.9 Å². The van der Waals surface area contributed by atoms with Gasteiger partial charge in [-0.1, -0.05) is 40.8 Å². The van der Waals surface area contributed by atoms with Crippen molar-refractivity contribution in [2.24, 2.45) is 5.73 Å². The van der Waals surface area contributed by atoms with E-state index in [1.807, 2.05) is 31.2 Å². The van der Waals surface area contributed by atoms with Crippen molar-refractivity contribution in [1.29, 1.82) is 0 Å². The van der Waals surface area contributed by atoms with Crippen LogP contribution in [0.15, 0.2) is 52.9 Å². The third-order valence-corrected chi connectivity index (χ3v) is 5.46. The van der Waals surface area contributed by atoms with Gasteiger partial charge >= 0.3 is 0 Å². The van der Waals surface area contributed by atoms with Crippen LogP contribution in [-0.2, 0) is 4.79 Å². The maximum absolute atomic E-state index is 12.1. The third kappa shape index (κ3) is 5.53. The molecule has 1 aromatic heterocycles. The highest BCUT2D eigenvalue weighted by atomic mass is 32.2. The van der Waals surface area contributed by atoms with Gasteiger partial charge in [-0.3, -0.25) is 9.59 Å². The molecule has 3 aromatic rings. The first-order valence-electron chi connectivity index (χ1n) is 7.99. The highest BCUT2D eigenvalue weighted by Gasteiger charge is 2.09. The fraction of sp³-hybridized carbons (Fsp3) is 0.111. The summed E-state index contributed by atoms with van der Waals surface area (Å²) in [5, 5.41) is 14.8. The second-order valence-corrected chi connectivity index (χ2v) is 7.84. The normalized spacial score (nSPS) is 10.4. The number of hydrogen-bond donors (Lipinski definition) is 3. The number of benzene rings is 2. The summed E-state index contributed by atoms with van der Waals surface area (Å²) in [7, 11) is 0. The van der Waals surface area contributed by atoms with Crippen molar-refractivity contribution in [2.45, 2.75) is 11.3 Å². The Kier molecular flexibility index (Phi) is 6.05. The second-order valence-electron chi connectivity index (χ2n) is 5.64. The minimum atomic E-state index is -0.505. The van der Waals surface area contributed by atoms with Crippen molar-refractivity contribution in [3.05, 3.63) is 59.7 Å². The van der Waals surface area contributed by atoms with Gasteiger partial charge in [0.15, 0.2) is 4.34 Å². The Bertz CT molecular complexity index is 939. The van der Waals surface area contributed by atoms with Gasteiger partial charge in [-0.05, 0) is 43.3 Å². The van der Waals surface area contributed by atoms with E-state index in [1.54, 1.807) is 24.3 Å². The molecule has 0 aliphatic rings. The molecular weight excluding hydrogens is 382 g/mol. The zero-order valence-corrected chi connectivity index (χ0v) is 16.1. The maximum Gasteiger partial charge on any atom is 0.248 e. The number of aryl methyl sites for hydroxylation is 1. The van der Waals surface area contributed by atoms with Gasteiger partial charge in [-0.15, -0.1) is 10.2 Å². The summed E-state index contributed by atoms with van der Waals surface area (Å²) in [4.78, 5) is 23.1. The fourth-order valence-electron chi connectivity index (χ4n) is 2.12. The number of nitrogens with one attached hydrogen (secondary N) is 2. The number of rotatable bonds is 7. The van der Waals surface area contributed by atoms with Gasteiger partial charge in [0.1, 0.15) is 0 Å². The van der Waals surface area contributed by atoms with Crippen molar-refractivity contribution in [2.75, 3.05) is 16.4 Å². The van der Waals surface area contributed by atoms with Gasteiger partial charge in [0, 0.05) is 16.9 Å². The number of anilines is 3. The molecule has 9 heteroatoms. The van der Waals surface area contributed by atoms with Gasteiger partial charge < -0.3 is 16.4 Å². The lowest BCUT2D eigenvalue weighted by molar-refractivity contribution is -0.113. The van der Waals surface area contributed by atoms with Crippen LogP contribution in [0.2, 0.25) is 0 Å². The summed E-state index contributed by atoms with van der Waals surface area (Å²) in [5.41, 5.74) is 8.30. The van der Waals surface area contributed by atoms with E-state index in [1.165, 1.54) is 28.7 Å². The molecule has 0 unspecified atom stereocenters. The number of nitrogens with two attached hydrogens (primary N) is 1. The Labute approximate surface area is 164 Å². The lowest BCUT2D eigenvalue weighted by Crippen LogP contribution is -2.14. The largest absolute Gasteiger partial charge is 0.366 e. The number of amides is 2. The monoisotopic (exact) mass is 399 g/mol. The van der Waals surface area contributed by atoms with Crippen LogP contribution >= 0.6 is 23.1 Å². The molecule has 0 bridgehead atoms. The molecule has 0 saturated carbocycles. The van der Waals surface area contributed by atoms with E-state index in [2.05, 4.69) is 20.8 Å². The van der Waals surface area contributed by atoms with Gasteiger partial charge in [0.05, 0.1) is 5.75 Å². The molecule has 2 amide bonds. The van der Waals surface area contributed by atoms with E-state index in [0.717, 1.165) is 5.69 Å². The molecule has 1 heterocycles. The summed E-state index contributed by atoms with van der Waals surface area (Å²) in [6, 6.07) is 14.4. The van der Waals surface area contributed by atoms with Crippen LogP contribution in [0.1, 0.15) is 15.9 Å². The fourth-order valence-corrected chi connectivity index (χ4v) is 3.69. The van der Waals surface area contributed by atoms with Gasteiger partial charge in [-0.25, -0.2) is 0 Å². The molecule has 0 aliphatic carbocycles. The Morgan fingerprint density at radius 3 is 2.37 bits per heavy atom. The summed E-state index contributed by atoms with van der Waals surface area (Å²) in [5.74, 6) is -0.471. The predicted molar refractivity (Wildman–Crippen MR) is 109 cm³/mol. The average molecular weight is 400 g/mol. The van der Waals surface area contributed by atoms with Crippen LogP contribution < -0.4 is 16.4 Å². The Morgan fingerprint density at radius 1 is 1.04 bits per heavy atom. The number of aromatic nitrogens is 2. The number of carbonyl (C=O) groups excluding carboxylic acids is 2. The highest BCUT2D eigenvalue weighted by Crippen LogP contribution is 2.27. The SMILES string of the molecule is Cc1ccc(Nc2nnc(SCC(=O)Nc3ccc(C(N)=O)cc3)s2)cc1. The summed E-state index contributed by atoms with van der Waals surface area (Å²) < 4.78 is 0.698. The van der Waals surface area contributed by atoms with E-state index < -0.39 is 5.91 Å². The minimum absolute atomic E-state index is 0.171. The molecule has 0 radical (unpaired) electrons. The molecule has 0 atom stereocenters. The molecule has 3 rings (SSSR count). The van der Waals surface area contributed by atoms with E-state index in [-0.39, 0.29) is 11.7 Å². The van der Waals surface area contributed by atoms with Crippen molar-refractivity contribution < 1.29 is 9.59 Å². The van der Waals surface area contributed by atoms with Crippen molar-refractivity contribution in [3.63, 3.8) is 0 Å². The number of carbonyl (C=O) groups is 2. The smallest absolute Gasteiger partial charge is 0.248 e. The first-order chi connectivity index (χ1) is 13.0. The van der Waals surface area contributed by atoms with Crippen LogP contribution in [0.3, 0.4) is 0 Å². The Morgan fingerprint density at radius 2 is 1.70 bits per heavy atom. The molecule has 7 nitrogen and oxygen atoms in total. The van der Waals surface area contributed by atoms with Crippen LogP contribution in [0.5, 0.6) is 0 Å². The van der Waals surface area contributed by atoms with Crippen LogP contribution in [0.25, 0.3) is 0 Å². The molecule has 4 N–H and O–H groups in total. The van der Waals surface area contributed by atoms with Crippen molar-refractivity contribution >= 4 is 51.4 Å². The van der Waals surface area contributed by atoms with Gasteiger partial charge in [-0.2, -0.15) is 0 Å². The Balaban J connectivity index is 1.49. The highest BCUT2D eigenvalue weighted by molar-refractivity contribution is 8.01. The number of nitrogens with zero attached hydrogens (tertiary/aromatic N) is 2.